The number of hydrogen-bond acceptors (Lipinski definition) is 3. The zero-order chi connectivity index (χ0) is 21.2. The van der Waals surface area contributed by atoms with Crippen LogP contribution in [0, 0.1) is 23.2 Å². The first-order valence-electron chi connectivity index (χ1n) is 10.3. The molecule has 3 aliphatic carbocycles. The molecule has 0 aliphatic heterocycles. The van der Waals surface area contributed by atoms with Gasteiger partial charge in [0.1, 0.15) is 0 Å². The van der Waals surface area contributed by atoms with E-state index in [0.29, 0.717) is 23.2 Å². The number of benzene rings is 1. The lowest BCUT2D eigenvalue weighted by atomic mass is 9.44. The molecule has 0 amide bonds. The summed E-state index contributed by atoms with van der Waals surface area (Å²) < 4.78 is 29.7. The zero-order valence-corrected chi connectivity index (χ0v) is 19.4. The maximum atomic E-state index is 12.9. The van der Waals surface area contributed by atoms with Crippen molar-refractivity contribution in [2.45, 2.75) is 63.3 Å². The largest absolute Gasteiger partial charge is 0.481 e. The summed E-state index contributed by atoms with van der Waals surface area (Å²) in [6, 6.07) is 6.67. The van der Waals surface area contributed by atoms with Crippen LogP contribution in [0.2, 0.25) is 0 Å². The molecule has 3 aliphatic rings. The van der Waals surface area contributed by atoms with E-state index in [1.54, 1.807) is 24.3 Å². The van der Waals surface area contributed by atoms with Gasteiger partial charge in [-0.2, -0.15) is 0 Å². The Morgan fingerprint density at radius 2 is 1.93 bits per heavy atom. The van der Waals surface area contributed by atoms with Crippen molar-refractivity contribution in [3.05, 3.63) is 40.9 Å². The maximum absolute atomic E-state index is 12.9. The second-order valence-electron chi connectivity index (χ2n) is 8.93. The van der Waals surface area contributed by atoms with Crippen LogP contribution < -0.4 is 4.72 Å². The summed E-state index contributed by atoms with van der Waals surface area (Å²) in [5, 5.41) is 8.73. The molecule has 160 valence electrons. The van der Waals surface area contributed by atoms with E-state index in [9.17, 15) is 13.2 Å². The first-order chi connectivity index (χ1) is 13.6. The van der Waals surface area contributed by atoms with Crippen LogP contribution in [0.1, 0.15) is 52.4 Å². The molecule has 0 spiro atoms. The average Bonchev–Trinajstić information content (AvgIpc) is 2.64. The number of aliphatic carboxylic acids is 1. The Hall–Kier alpha value is -1.18. The number of hydrogen-bond donors (Lipinski definition) is 2. The predicted octanol–water partition coefficient (Wildman–Crippen LogP) is 4.98. The topological polar surface area (TPSA) is 83.5 Å². The van der Waals surface area contributed by atoms with Crippen molar-refractivity contribution in [3.8, 4) is 0 Å². The number of carbonyl (C=O) groups is 1. The SMILES string of the molecule is CC1(C)[C@H]2C[C@H](NS(=O)(=O)c3ccc(Br)cc3)[C@@H](C/C=C\CCCC(=O)O)[C@@H]1C2. The van der Waals surface area contributed by atoms with Gasteiger partial charge in [0.15, 0.2) is 0 Å². The highest BCUT2D eigenvalue weighted by Gasteiger charge is 2.57. The van der Waals surface area contributed by atoms with Gasteiger partial charge in [-0.3, -0.25) is 4.79 Å². The minimum Gasteiger partial charge on any atom is -0.481 e. The number of rotatable bonds is 9. The summed E-state index contributed by atoms with van der Waals surface area (Å²) in [5.41, 5.74) is 0.251. The van der Waals surface area contributed by atoms with Crippen LogP contribution in [0.25, 0.3) is 0 Å². The number of fused-ring (bicyclic) bond motifs is 2. The van der Waals surface area contributed by atoms with Gasteiger partial charge in [-0.25, -0.2) is 13.1 Å². The predicted molar refractivity (Wildman–Crippen MR) is 117 cm³/mol. The molecule has 0 saturated heterocycles. The van der Waals surface area contributed by atoms with E-state index < -0.39 is 16.0 Å². The molecule has 0 radical (unpaired) electrons. The monoisotopic (exact) mass is 483 g/mol. The third kappa shape index (κ3) is 5.12. The molecule has 29 heavy (non-hydrogen) atoms. The zero-order valence-electron chi connectivity index (χ0n) is 17.0. The van der Waals surface area contributed by atoms with Crippen molar-refractivity contribution >= 4 is 31.9 Å². The smallest absolute Gasteiger partial charge is 0.303 e. The number of unbranched alkanes of at least 4 members (excludes halogenated alkanes) is 1. The molecule has 1 aromatic rings. The van der Waals surface area contributed by atoms with Crippen molar-refractivity contribution < 1.29 is 18.3 Å². The van der Waals surface area contributed by atoms with Crippen LogP contribution in [0.15, 0.2) is 45.8 Å². The van der Waals surface area contributed by atoms with Gasteiger partial charge in [-0.05, 0) is 79.5 Å². The van der Waals surface area contributed by atoms with Crippen LogP contribution in [-0.2, 0) is 14.8 Å². The van der Waals surface area contributed by atoms with Gasteiger partial charge in [0.05, 0.1) is 4.90 Å². The van der Waals surface area contributed by atoms with Crippen LogP contribution >= 0.6 is 15.9 Å². The molecular weight excluding hydrogens is 454 g/mol. The highest BCUT2D eigenvalue weighted by Crippen LogP contribution is 2.62. The fourth-order valence-electron chi connectivity index (χ4n) is 5.03. The quantitative estimate of drug-likeness (QED) is 0.383. The molecule has 4 atom stereocenters. The number of allylic oxidation sites excluding steroid dienone is 2. The molecule has 2 bridgehead atoms. The Morgan fingerprint density at radius 3 is 2.55 bits per heavy atom. The van der Waals surface area contributed by atoms with E-state index in [-0.39, 0.29) is 23.8 Å². The summed E-state index contributed by atoms with van der Waals surface area (Å²) in [6.45, 7) is 4.60. The highest BCUT2D eigenvalue weighted by atomic mass is 79.9. The maximum Gasteiger partial charge on any atom is 0.303 e. The van der Waals surface area contributed by atoms with E-state index in [1.165, 1.54) is 6.42 Å². The normalized spacial score (nSPS) is 28.2. The van der Waals surface area contributed by atoms with Gasteiger partial charge < -0.3 is 5.11 Å². The fraction of sp³-hybridized carbons (Fsp3) is 0.591. The van der Waals surface area contributed by atoms with Crippen molar-refractivity contribution in [3.63, 3.8) is 0 Å². The number of halogens is 1. The molecular formula is C22H30BrNO4S. The Balaban J connectivity index is 1.68. The number of carboxylic acids is 1. The van der Waals surface area contributed by atoms with Crippen LogP contribution in [0.3, 0.4) is 0 Å². The summed E-state index contributed by atoms with van der Waals surface area (Å²) in [7, 11) is -3.56. The summed E-state index contributed by atoms with van der Waals surface area (Å²) in [6.07, 6.45) is 8.57. The molecule has 2 N–H and O–H groups in total. The lowest BCUT2D eigenvalue weighted by Gasteiger charge is -2.62. The summed E-state index contributed by atoms with van der Waals surface area (Å²) in [5.74, 6) is 0.551. The lowest BCUT2D eigenvalue weighted by Crippen LogP contribution is -2.61. The molecule has 0 unspecified atom stereocenters. The van der Waals surface area contributed by atoms with E-state index in [1.807, 2.05) is 6.08 Å². The standard InChI is InChI=1S/C22H30BrNO4S/c1-22(2)15-13-19(22)18(7-5-3-4-6-8-21(25)26)20(14-15)24-29(27,28)17-11-9-16(23)10-12-17/h3,5,9-12,15,18-20,24H,4,6-8,13-14H2,1-2H3,(H,25,26)/b5-3-/t15-,18+,19+,20+/m1/s1. The molecule has 1 aromatic carbocycles. The van der Waals surface area contributed by atoms with E-state index in [2.05, 4.69) is 40.6 Å². The Bertz CT molecular complexity index is 863. The van der Waals surface area contributed by atoms with Gasteiger partial charge in [0.2, 0.25) is 10.0 Å². The Kier molecular flexibility index (Phi) is 6.91. The minimum absolute atomic E-state index is 0.0657. The number of sulfonamides is 1. The van der Waals surface area contributed by atoms with Gasteiger partial charge in [-0.15, -0.1) is 0 Å². The van der Waals surface area contributed by atoms with Crippen molar-refractivity contribution in [2.75, 3.05) is 0 Å². The summed E-state index contributed by atoms with van der Waals surface area (Å²) >= 11 is 3.35. The average molecular weight is 484 g/mol. The van der Waals surface area contributed by atoms with Crippen molar-refractivity contribution in [1.82, 2.24) is 4.72 Å². The lowest BCUT2D eigenvalue weighted by molar-refractivity contribution is -0.137. The second kappa shape index (κ2) is 8.90. The van der Waals surface area contributed by atoms with Crippen molar-refractivity contribution in [1.29, 1.82) is 0 Å². The molecule has 4 rings (SSSR count). The van der Waals surface area contributed by atoms with Crippen LogP contribution in [0.4, 0.5) is 0 Å². The highest BCUT2D eigenvalue weighted by molar-refractivity contribution is 9.10. The van der Waals surface area contributed by atoms with Gasteiger partial charge in [-0.1, -0.05) is 41.9 Å². The third-order valence-electron chi connectivity index (χ3n) is 6.89. The Labute approximate surface area is 182 Å². The summed E-state index contributed by atoms with van der Waals surface area (Å²) in [4.78, 5) is 10.9. The van der Waals surface area contributed by atoms with Crippen LogP contribution in [-0.4, -0.2) is 25.5 Å². The number of carboxylic acid groups (broad SMARTS) is 1. The van der Waals surface area contributed by atoms with Gasteiger partial charge >= 0.3 is 5.97 Å². The first kappa shape index (κ1) is 22.5. The number of nitrogens with one attached hydrogen (secondary N) is 1. The first-order valence-corrected chi connectivity index (χ1v) is 12.5. The van der Waals surface area contributed by atoms with E-state index >= 15 is 0 Å². The minimum atomic E-state index is -3.56. The van der Waals surface area contributed by atoms with Crippen LogP contribution in [0.5, 0.6) is 0 Å². The van der Waals surface area contributed by atoms with E-state index in [4.69, 9.17) is 5.11 Å². The second-order valence-corrected chi connectivity index (χ2v) is 11.6. The molecule has 0 heterocycles. The van der Waals surface area contributed by atoms with Gasteiger partial charge in [0, 0.05) is 16.9 Å². The molecule has 5 nitrogen and oxygen atoms in total. The Morgan fingerprint density at radius 1 is 1.24 bits per heavy atom. The third-order valence-corrected chi connectivity index (χ3v) is 8.92. The molecule has 0 aromatic heterocycles. The fourth-order valence-corrected chi connectivity index (χ4v) is 6.60. The molecule has 3 fully saturated rings. The van der Waals surface area contributed by atoms with Gasteiger partial charge in [0.25, 0.3) is 0 Å². The van der Waals surface area contributed by atoms with Crippen molar-refractivity contribution in [2.24, 2.45) is 23.2 Å². The molecule has 3 saturated carbocycles. The van der Waals surface area contributed by atoms with E-state index in [0.717, 1.165) is 23.7 Å². The molecule has 7 heteroatoms.